The number of carboxylic acid groups (broad SMARTS) is 1. The van der Waals surface area contributed by atoms with Crippen LogP contribution in [0.2, 0.25) is 0 Å². The number of thiazole rings is 1. The third-order valence-electron chi connectivity index (χ3n) is 3.86. The average molecular weight is 362 g/mol. The second-order valence-electron chi connectivity index (χ2n) is 5.65. The first-order valence-electron chi connectivity index (χ1n) is 7.79. The van der Waals surface area contributed by atoms with E-state index in [1.807, 2.05) is 6.92 Å². The lowest BCUT2D eigenvalue weighted by molar-refractivity contribution is -0.155. The minimum absolute atomic E-state index is 0.0347. The molecule has 0 saturated carbocycles. The Bertz CT molecular complexity index is 804. The van der Waals surface area contributed by atoms with Gasteiger partial charge in [0.25, 0.3) is 5.91 Å². The molecule has 2 aromatic rings. The first kappa shape index (κ1) is 17.4. The van der Waals surface area contributed by atoms with E-state index in [-0.39, 0.29) is 18.2 Å². The molecule has 2 heterocycles. The predicted molar refractivity (Wildman–Crippen MR) is 91.9 cm³/mol. The summed E-state index contributed by atoms with van der Waals surface area (Å²) in [6.45, 7) is 4.52. The van der Waals surface area contributed by atoms with Crippen LogP contribution in [0.15, 0.2) is 24.4 Å². The molecule has 1 amide bonds. The van der Waals surface area contributed by atoms with E-state index in [1.54, 1.807) is 30.2 Å². The number of carbonyl (C=O) groups excluding carboxylic acids is 1. The van der Waals surface area contributed by atoms with E-state index >= 15 is 0 Å². The minimum atomic E-state index is -1.05. The molecule has 3 rings (SSSR count). The maximum atomic E-state index is 12.1. The molecular weight excluding hydrogens is 344 g/mol. The van der Waals surface area contributed by atoms with Gasteiger partial charge >= 0.3 is 5.97 Å². The molecule has 0 aliphatic carbocycles. The molecular formula is C17H18N2O5S. The summed E-state index contributed by atoms with van der Waals surface area (Å²) in [7, 11) is 0. The Balaban J connectivity index is 1.89. The zero-order valence-electron chi connectivity index (χ0n) is 13.9. The predicted octanol–water partition coefficient (Wildman–Crippen LogP) is 2.40. The quantitative estimate of drug-likeness (QED) is 0.879. The number of carboxylic acids is 1. The molecule has 1 aliphatic rings. The number of rotatable bonds is 5. The second kappa shape index (κ2) is 7.20. The molecule has 1 N–H and O–H groups in total. The van der Waals surface area contributed by atoms with Gasteiger partial charge in [-0.25, -0.2) is 9.78 Å². The number of nitrogens with zero attached hydrogens (tertiary/aromatic N) is 2. The zero-order valence-corrected chi connectivity index (χ0v) is 14.7. The zero-order chi connectivity index (χ0) is 18.0. The van der Waals surface area contributed by atoms with E-state index in [9.17, 15) is 14.7 Å². The van der Waals surface area contributed by atoms with Crippen molar-refractivity contribution >= 4 is 23.2 Å². The van der Waals surface area contributed by atoms with E-state index in [4.69, 9.17) is 9.47 Å². The molecule has 8 heteroatoms. The molecule has 0 bridgehead atoms. The van der Waals surface area contributed by atoms with Gasteiger partial charge in [-0.2, -0.15) is 0 Å². The largest absolute Gasteiger partial charge is 0.478 e. The van der Waals surface area contributed by atoms with Crippen molar-refractivity contribution in [2.75, 3.05) is 19.9 Å². The van der Waals surface area contributed by atoms with Gasteiger partial charge in [0.15, 0.2) is 6.73 Å². The van der Waals surface area contributed by atoms with E-state index in [0.29, 0.717) is 29.5 Å². The molecule has 1 fully saturated rings. The number of amides is 1. The van der Waals surface area contributed by atoms with E-state index in [2.05, 4.69) is 4.98 Å². The number of hydrogen-bond acceptors (Lipinski definition) is 6. The van der Waals surface area contributed by atoms with Gasteiger partial charge in [0.2, 0.25) is 0 Å². The fourth-order valence-electron chi connectivity index (χ4n) is 2.57. The maximum Gasteiger partial charge on any atom is 0.336 e. The van der Waals surface area contributed by atoms with Crippen LogP contribution in [0.3, 0.4) is 0 Å². The SMILES string of the molecule is Cc1cnc(-c2c(OCN3CCO[C@H](C)C3=O)cccc2C(=O)O)s1. The van der Waals surface area contributed by atoms with Crippen molar-refractivity contribution in [3.63, 3.8) is 0 Å². The van der Waals surface area contributed by atoms with Crippen molar-refractivity contribution in [1.29, 1.82) is 0 Å². The third kappa shape index (κ3) is 3.64. The van der Waals surface area contributed by atoms with E-state index < -0.39 is 12.1 Å². The van der Waals surface area contributed by atoms with Gasteiger partial charge in [-0.3, -0.25) is 4.79 Å². The lowest BCUT2D eigenvalue weighted by Crippen LogP contribution is -2.47. The third-order valence-corrected chi connectivity index (χ3v) is 4.79. The molecule has 0 radical (unpaired) electrons. The van der Waals surface area contributed by atoms with E-state index in [0.717, 1.165) is 4.88 Å². The number of hydrogen-bond donors (Lipinski definition) is 1. The highest BCUT2D eigenvalue weighted by Gasteiger charge is 2.27. The summed E-state index contributed by atoms with van der Waals surface area (Å²) in [5, 5.41) is 10.1. The van der Waals surface area contributed by atoms with Crippen molar-refractivity contribution in [1.82, 2.24) is 9.88 Å². The minimum Gasteiger partial charge on any atom is -0.478 e. The van der Waals surface area contributed by atoms with Crippen molar-refractivity contribution < 1.29 is 24.2 Å². The van der Waals surface area contributed by atoms with Crippen molar-refractivity contribution in [2.24, 2.45) is 0 Å². The smallest absolute Gasteiger partial charge is 0.336 e. The molecule has 7 nitrogen and oxygen atoms in total. The van der Waals surface area contributed by atoms with Gasteiger partial charge in [0.1, 0.15) is 16.9 Å². The Kier molecular flexibility index (Phi) is 5.00. The van der Waals surface area contributed by atoms with E-state index in [1.165, 1.54) is 17.4 Å². The summed E-state index contributed by atoms with van der Waals surface area (Å²) in [6.07, 6.45) is 1.19. The van der Waals surface area contributed by atoms with Crippen LogP contribution in [0.1, 0.15) is 22.2 Å². The van der Waals surface area contributed by atoms with Crippen LogP contribution in [0.4, 0.5) is 0 Å². The number of aryl methyl sites for hydroxylation is 1. The van der Waals surface area contributed by atoms with Gasteiger partial charge in [0, 0.05) is 17.6 Å². The molecule has 1 saturated heterocycles. The number of aromatic carboxylic acids is 1. The summed E-state index contributed by atoms with van der Waals surface area (Å²) in [5.74, 6) is -0.808. The molecule has 0 spiro atoms. The normalized spacial score (nSPS) is 17.6. The number of ether oxygens (including phenoxy) is 2. The summed E-state index contributed by atoms with van der Waals surface area (Å²) in [5.41, 5.74) is 0.551. The van der Waals surface area contributed by atoms with Gasteiger partial charge < -0.3 is 19.5 Å². The number of morpholine rings is 1. The standard InChI is InChI=1S/C17H18N2O5S/c1-10-8-18-15(25-10)14-12(17(21)22)4-3-5-13(14)24-9-19-6-7-23-11(2)16(19)20/h3-5,8,11H,6-7,9H2,1-2H3,(H,21,22)/t11-/m1/s1. The highest BCUT2D eigenvalue weighted by molar-refractivity contribution is 7.15. The molecule has 25 heavy (non-hydrogen) atoms. The lowest BCUT2D eigenvalue weighted by Gasteiger charge is -2.30. The lowest BCUT2D eigenvalue weighted by atomic mass is 10.1. The first-order chi connectivity index (χ1) is 12.0. The Morgan fingerprint density at radius 3 is 3.00 bits per heavy atom. The molecule has 0 unspecified atom stereocenters. The van der Waals surface area contributed by atoms with Crippen LogP contribution in [-0.2, 0) is 9.53 Å². The Labute approximate surface area is 148 Å². The first-order valence-corrected chi connectivity index (χ1v) is 8.61. The summed E-state index contributed by atoms with van der Waals surface area (Å²) in [4.78, 5) is 30.5. The van der Waals surface area contributed by atoms with Crippen LogP contribution in [0.5, 0.6) is 5.75 Å². The fraction of sp³-hybridized carbons (Fsp3) is 0.353. The summed E-state index contributed by atoms with van der Waals surface area (Å²) < 4.78 is 11.1. The van der Waals surface area contributed by atoms with Gasteiger partial charge in [-0.15, -0.1) is 11.3 Å². The molecule has 1 aromatic heterocycles. The van der Waals surface area contributed by atoms with Crippen molar-refractivity contribution in [3.8, 4) is 16.3 Å². The molecule has 132 valence electrons. The van der Waals surface area contributed by atoms with Crippen LogP contribution in [-0.4, -0.2) is 52.9 Å². The summed E-state index contributed by atoms with van der Waals surface area (Å²) >= 11 is 1.39. The van der Waals surface area contributed by atoms with Gasteiger partial charge in [-0.1, -0.05) is 6.07 Å². The van der Waals surface area contributed by atoms with Crippen LogP contribution in [0, 0.1) is 6.92 Å². The van der Waals surface area contributed by atoms with Gasteiger partial charge in [0.05, 0.1) is 17.7 Å². The molecule has 1 atom stereocenters. The van der Waals surface area contributed by atoms with Crippen LogP contribution < -0.4 is 4.74 Å². The monoisotopic (exact) mass is 362 g/mol. The molecule has 1 aromatic carbocycles. The number of carbonyl (C=O) groups is 2. The Morgan fingerprint density at radius 2 is 2.32 bits per heavy atom. The topological polar surface area (TPSA) is 89.0 Å². The second-order valence-corrected chi connectivity index (χ2v) is 6.88. The van der Waals surface area contributed by atoms with Gasteiger partial charge in [-0.05, 0) is 26.0 Å². The fourth-order valence-corrected chi connectivity index (χ4v) is 3.40. The van der Waals surface area contributed by atoms with Crippen LogP contribution in [0.25, 0.3) is 10.6 Å². The van der Waals surface area contributed by atoms with Crippen LogP contribution >= 0.6 is 11.3 Å². The Morgan fingerprint density at radius 1 is 1.52 bits per heavy atom. The number of benzene rings is 1. The van der Waals surface area contributed by atoms with Crippen molar-refractivity contribution in [2.45, 2.75) is 20.0 Å². The maximum absolute atomic E-state index is 12.1. The highest BCUT2D eigenvalue weighted by Crippen LogP contribution is 2.36. The molecule has 1 aliphatic heterocycles. The summed E-state index contributed by atoms with van der Waals surface area (Å²) in [6, 6.07) is 4.82. The number of aromatic nitrogens is 1. The average Bonchev–Trinajstić information content (AvgIpc) is 3.02. The van der Waals surface area contributed by atoms with Crippen molar-refractivity contribution in [3.05, 3.63) is 34.8 Å². The Hall–Kier alpha value is -2.45. The highest BCUT2D eigenvalue weighted by atomic mass is 32.1.